The molecule has 0 amide bonds. The van der Waals surface area contributed by atoms with Crippen molar-refractivity contribution in [2.24, 2.45) is 0 Å². The van der Waals surface area contributed by atoms with Gasteiger partial charge in [-0.1, -0.05) is 0 Å². The number of aromatic nitrogens is 4. The van der Waals surface area contributed by atoms with E-state index in [2.05, 4.69) is 19.5 Å². The van der Waals surface area contributed by atoms with Crippen LogP contribution >= 0.6 is 7.82 Å². The van der Waals surface area contributed by atoms with Crippen LogP contribution in [-0.2, 0) is 13.8 Å². The van der Waals surface area contributed by atoms with Crippen molar-refractivity contribution in [3.05, 3.63) is 12.4 Å². The van der Waals surface area contributed by atoms with Gasteiger partial charge in [0.25, 0.3) is 5.85 Å². The fraction of sp³-hybridized carbons (Fsp3) is 0.500. The van der Waals surface area contributed by atoms with Gasteiger partial charge in [-0.3, -0.25) is 9.09 Å². The number of hydrogen-bond donors (Lipinski definition) is 5. The van der Waals surface area contributed by atoms with E-state index in [1.165, 1.54) is 0 Å². The minimum absolute atomic E-state index is 0.106. The SMILES string of the molecule is Nc1nc(F)nc2c1ncn2C1OC(COP(=O)(O)O)C(O)C1(O)F. The minimum Gasteiger partial charge on any atom is -0.384 e. The van der Waals surface area contributed by atoms with Gasteiger partial charge < -0.3 is 30.5 Å². The lowest BCUT2D eigenvalue weighted by atomic mass is 10.1. The van der Waals surface area contributed by atoms with Crippen LogP contribution in [0, 0.1) is 6.08 Å². The molecule has 6 N–H and O–H groups in total. The highest BCUT2D eigenvalue weighted by Crippen LogP contribution is 2.43. The summed E-state index contributed by atoms with van der Waals surface area (Å²) in [5, 5.41) is 19.7. The zero-order valence-electron chi connectivity index (χ0n) is 12.1. The van der Waals surface area contributed by atoms with Gasteiger partial charge in [0.2, 0.25) is 0 Å². The Hall–Kier alpha value is -1.80. The summed E-state index contributed by atoms with van der Waals surface area (Å²) in [6.07, 6.45) is -6.16. The van der Waals surface area contributed by atoms with Crippen molar-refractivity contribution in [2.75, 3.05) is 12.3 Å². The normalized spacial score (nSPS) is 30.2. The number of phosphoric acid groups is 1. The Bertz CT molecular complexity index is 858. The van der Waals surface area contributed by atoms with Crippen LogP contribution in [-0.4, -0.2) is 64.2 Å². The highest BCUT2D eigenvalue weighted by Gasteiger charge is 2.58. The quantitative estimate of drug-likeness (QED) is 0.308. The van der Waals surface area contributed by atoms with Crippen molar-refractivity contribution >= 4 is 24.8 Å². The molecule has 4 atom stereocenters. The van der Waals surface area contributed by atoms with Gasteiger partial charge in [0.1, 0.15) is 12.2 Å². The van der Waals surface area contributed by atoms with Gasteiger partial charge >= 0.3 is 13.9 Å². The molecule has 3 heterocycles. The van der Waals surface area contributed by atoms with E-state index in [1.54, 1.807) is 0 Å². The summed E-state index contributed by atoms with van der Waals surface area (Å²) in [4.78, 5) is 27.7. The number of alkyl halides is 1. The Labute approximate surface area is 137 Å². The first kappa shape index (κ1) is 18.0. The first-order valence-corrected chi connectivity index (χ1v) is 8.14. The van der Waals surface area contributed by atoms with Crippen molar-refractivity contribution in [2.45, 2.75) is 24.3 Å². The second-order valence-corrected chi connectivity index (χ2v) is 6.43. The fourth-order valence-electron chi connectivity index (χ4n) is 2.39. The second kappa shape index (κ2) is 5.88. The van der Waals surface area contributed by atoms with Crippen LogP contribution in [0.5, 0.6) is 0 Å². The Balaban J connectivity index is 1.96. The highest BCUT2D eigenvalue weighted by atomic mass is 31.2. The Morgan fingerprint density at radius 2 is 2.16 bits per heavy atom. The van der Waals surface area contributed by atoms with E-state index in [-0.39, 0.29) is 17.0 Å². The van der Waals surface area contributed by atoms with Crippen LogP contribution in [0.3, 0.4) is 0 Å². The zero-order valence-corrected chi connectivity index (χ0v) is 13.0. The van der Waals surface area contributed by atoms with Gasteiger partial charge in [0.15, 0.2) is 23.2 Å². The second-order valence-electron chi connectivity index (χ2n) is 5.19. The number of aliphatic hydroxyl groups excluding tert-OH is 1. The number of imidazole rings is 1. The molecule has 3 rings (SSSR count). The first-order valence-electron chi connectivity index (χ1n) is 6.61. The molecule has 0 saturated carbocycles. The van der Waals surface area contributed by atoms with Crippen LogP contribution in [0.25, 0.3) is 11.2 Å². The van der Waals surface area contributed by atoms with Crippen LogP contribution in [0.2, 0.25) is 0 Å². The number of rotatable bonds is 4. The maximum Gasteiger partial charge on any atom is 0.469 e. The van der Waals surface area contributed by atoms with Crippen molar-refractivity contribution in [3.63, 3.8) is 0 Å². The number of phosphoric ester groups is 1. The van der Waals surface area contributed by atoms with Crippen LogP contribution in [0.1, 0.15) is 6.23 Å². The molecule has 0 bridgehead atoms. The summed E-state index contributed by atoms with van der Waals surface area (Å²) in [7, 11) is -4.92. The minimum atomic E-state index is -4.92. The average molecular weight is 383 g/mol. The number of hydrogen-bond acceptors (Lipinski definition) is 9. The van der Waals surface area contributed by atoms with E-state index < -0.39 is 44.8 Å². The topological polar surface area (TPSA) is 186 Å². The highest BCUT2D eigenvalue weighted by molar-refractivity contribution is 7.46. The van der Waals surface area contributed by atoms with Crippen molar-refractivity contribution in [3.8, 4) is 0 Å². The summed E-state index contributed by atoms with van der Waals surface area (Å²) < 4.78 is 48.6. The fourth-order valence-corrected chi connectivity index (χ4v) is 2.73. The zero-order chi connectivity index (χ0) is 18.6. The number of ether oxygens (including phenoxy) is 1. The lowest BCUT2D eigenvalue weighted by molar-refractivity contribution is -0.195. The molecule has 4 unspecified atom stereocenters. The van der Waals surface area contributed by atoms with E-state index in [4.69, 9.17) is 20.3 Å². The molecule has 1 aliphatic rings. The Morgan fingerprint density at radius 3 is 2.80 bits per heavy atom. The maximum atomic E-state index is 14.5. The number of anilines is 1. The summed E-state index contributed by atoms with van der Waals surface area (Å²) in [5.41, 5.74) is 5.04. The molecule has 15 heteroatoms. The smallest absolute Gasteiger partial charge is 0.384 e. The van der Waals surface area contributed by atoms with Gasteiger partial charge in [0, 0.05) is 0 Å². The van der Waals surface area contributed by atoms with E-state index in [0.717, 1.165) is 10.9 Å². The molecule has 1 saturated heterocycles. The number of aliphatic hydroxyl groups is 2. The largest absolute Gasteiger partial charge is 0.469 e. The van der Waals surface area contributed by atoms with Crippen molar-refractivity contribution in [1.82, 2.24) is 19.5 Å². The molecule has 25 heavy (non-hydrogen) atoms. The average Bonchev–Trinajstić information content (AvgIpc) is 2.97. The van der Waals surface area contributed by atoms with Crippen LogP contribution in [0.15, 0.2) is 6.33 Å². The molecule has 0 aromatic carbocycles. The number of nitrogen functional groups attached to an aromatic ring is 1. The first-order chi connectivity index (χ1) is 11.5. The number of fused-ring (bicyclic) bond motifs is 1. The van der Waals surface area contributed by atoms with E-state index in [9.17, 15) is 23.6 Å². The molecule has 2 aromatic rings. The van der Waals surface area contributed by atoms with Gasteiger partial charge in [-0.2, -0.15) is 14.4 Å². The molecule has 2 aromatic heterocycles. The van der Waals surface area contributed by atoms with Gasteiger partial charge in [-0.15, -0.1) is 0 Å². The Kier molecular flexibility index (Phi) is 4.23. The number of halogens is 2. The van der Waals surface area contributed by atoms with Crippen LogP contribution < -0.4 is 5.73 Å². The summed E-state index contributed by atoms with van der Waals surface area (Å²) in [5.74, 6) is -3.77. The van der Waals surface area contributed by atoms with Gasteiger partial charge in [-0.05, 0) is 0 Å². The molecule has 138 valence electrons. The lowest BCUT2D eigenvalue weighted by Gasteiger charge is -2.23. The van der Waals surface area contributed by atoms with Crippen molar-refractivity contribution in [1.29, 1.82) is 0 Å². The number of nitrogens with zero attached hydrogens (tertiary/aromatic N) is 4. The molecule has 1 fully saturated rings. The molecular formula is C10H12F2N5O7P. The molecule has 1 aliphatic heterocycles. The van der Waals surface area contributed by atoms with Gasteiger partial charge in [0.05, 0.1) is 12.9 Å². The van der Waals surface area contributed by atoms with Gasteiger partial charge in [-0.25, -0.2) is 13.9 Å². The monoisotopic (exact) mass is 383 g/mol. The van der Waals surface area contributed by atoms with E-state index in [1.807, 2.05) is 0 Å². The third kappa shape index (κ3) is 3.20. The summed E-state index contributed by atoms with van der Waals surface area (Å²) in [6, 6.07) is 0. The summed E-state index contributed by atoms with van der Waals surface area (Å²) >= 11 is 0. The van der Waals surface area contributed by atoms with Crippen LogP contribution in [0.4, 0.5) is 14.6 Å². The molecule has 0 spiro atoms. The lowest BCUT2D eigenvalue weighted by Crippen LogP contribution is -2.43. The maximum absolute atomic E-state index is 14.5. The number of nitrogens with two attached hydrogens (primary N) is 1. The Morgan fingerprint density at radius 1 is 1.48 bits per heavy atom. The van der Waals surface area contributed by atoms with E-state index >= 15 is 0 Å². The summed E-state index contributed by atoms with van der Waals surface area (Å²) in [6.45, 7) is -0.924. The third-order valence-corrected chi connectivity index (χ3v) is 3.98. The molecule has 12 nitrogen and oxygen atoms in total. The molecule has 0 radical (unpaired) electrons. The van der Waals surface area contributed by atoms with Crippen molar-refractivity contribution < 1.29 is 42.6 Å². The standard InChI is InChI=1S/C10H12F2N5O7P/c11-9-15-6(13)4-7(16-9)17(2-14-4)8-10(12,19)5(18)3(24-8)1-23-25(20,21)22/h2-3,5,8,18-19H,1H2,(H2,13,15,16)(H2,20,21,22). The third-order valence-electron chi connectivity index (χ3n) is 3.50. The molecular weight excluding hydrogens is 371 g/mol. The van der Waals surface area contributed by atoms with E-state index in [0.29, 0.717) is 0 Å². The molecule has 0 aliphatic carbocycles. The predicted molar refractivity (Wildman–Crippen MR) is 73.7 cm³/mol. The predicted octanol–water partition coefficient (Wildman–Crippen LogP) is -1.43.